The van der Waals surface area contributed by atoms with Gasteiger partial charge in [0.15, 0.2) is 0 Å². The monoisotopic (exact) mass is 234 g/mol. The summed E-state index contributed by atoms with van der Waals surface area (Å²) >= 11 is 0. The molecule has 0 saturated carbocycles. The Kier molecular flexibility index (Phi) is 4.57. The molecule has 0 spiro atoms. The Morgan fingerprint density at radius 1 is 1.29 bits per heavy atom. The Morgan fingerprint density at radius 2 is 2.00 bits per heavy atom. The number of ether oxygens (including phenoxy) is 1. The van der Waals surface area contributed by atoms with Gasteiger partial charge in [0.05, 0.1) is 12.2 Å². The molecule has 1 aromatic rings. The number of aliphatic hydroxyl groups is 1. The summed E-state index contributed by atoms with van der Waals surface area (Å²) in [5, 5.41) is 10.0. The summed E-state index contributed by atoms with van der Waals surface area (Å²) < 4.78 is 5.54. The van der Waals surface area contributed by atoms with Gasteiger partial charge in [-0.3, -0.25) is 0 Å². The molecule has 1 aliphatic rings. The zero-order chi connectivity index (χ0) is 12.1. The topological polar surface area (TPSA) is 29.5 Å². The van der Waals surface area contributed by atoms with Gasteiger partial charge in [0, 0.05) is 6.61 Å². The van der Waals surface area contributed by atoms with Gasteiger partial charge in [0.2, 0.25) is 0 Å². The molecular weight excluding hydrogens is 212 g/mol. The van der Waals surface area contributed by atoms with E-state index in [4.69, 9.17) is 4.74 Å². The van der Waals surface area contributed by atoms with E-state index in [0.29, 0.717) is 0 Å². The maximum atomic E-state index is 10.0. The first-order valence-corrected chi connectivity index (χ1v) is 6.65. The molecule has 1 N–H and O–H groups in total. The second-order valence-electron chi connectivity index (χ2n) is 4.90. The maximum Gasteiger partial charge on any atom is 0.0605 e. The zero-order valence-corrected chi connectivity index (χ0v) is 10.6. The molecule has 17 heavy (non-hydrogen) atoms. The predicted molar refractivity (Wildman–Crippen MR) is 69.1 cm³/mol. The van der Waals surface area contributed by atoms with Crippen LogP contribution < -0.4 is 0 Å². The van der Waals surface area contributed by atoms with Gasteiger partial charge in [-0.05, 0) is 43.2 Å². The Balaban J connectivity index is 1.81. The van der Waals surface area contributed by atoms with Crippen LogP contribution in [-0.2, 0) is 17.6 Å². The summed E-state index contributed by atoms with van der Waals surface area (Å²) in [6, 6.07) is 8.54. The van der Waals surface area contributed by atoms with Crippen molar-refractivity contribution in [2.75, 3.05) is 6.61 Å². The average Bonchev–Trinajstić information content (AvgIpc) is 2.82. The summed E-state index contributed by atoms with van der Waals surface area (Å²) in [5.74, 6) is 0. The first-order valence-electron chi connectivity index (χ1n) is 6.65. The van der Waals surface area contributed by atoms with Crippen molar-refractivity contribution in [1.29, 1.82) is 0 Å². The highest BCUT2D eigenvalue weighted by molar-refractivity contribution is 5.22. The molecule has 94 valence electrons. The Labute approximate surface area is 104 Å². The third-order valence-electron chi connectivity index (χ3n) is 3.46. The highest BCUT2D eigenvalue weighted by atomic mass is 16.5. The van der Waals surface area contributed by atoms with E-state index >= 15 is 0 Å². The number of hydrogen-bond donors (Lipinski definition) is 1. The van der Waals surface area contributed by atoms with E-state index in [1.807, 2.05) is 0 Å². The van der Waals surface area contributed by atoms with Gasteiger partial charge in [0.1, 0.15) is 0 Å². The van der Waals surface area contributed by atoms with Crippen LogP contribution in [0, 0.1) is 0 Å². The van der Waals surface area contributed by atoms with E-state index in [2.05, 4.69) is 31.2 Å². The Hall–Kier alpha value is -0.860. The van der Waals surface area contributed by atoms with Crippen LogP contribution in [0.3, 0.4) is 0 Å². The number of aryl methyl sites for hydroxylation is 1. The molecule has 0 bridgehead atoms. The molecule has 2 nitrogen and oxygen atoms in total. The molecule has 2 unspecified atom stereocenters. The van der Waals surface area contributed by atoms with Gasteiger partial charge < -0.3 is 9.84 Å². The quantitative estimate of drug-likeness (QED) is 0.849. The number of aliphatic hydroxyl groups excluding tert-OH is 1. The molecule has 0 radical (unpaired) electrons. The summed E-state index contributed by atoms with van der Waals surface area (Å²) in [6.07, 6.45) is 4.83. The molecule has 0 aliphatic carbocycles. The van der Waals surface area contributed by atoms with Crippen molar-refractivity contribution >= 4 is 0 Å². The van der Waals surface area contributed by atoms with E-state index < -0.39 is 0 Å². The number of hydrogen-bond acceptors (Lipinski definition) is 2. The lowest BCUT2D eigenvalue weighted by molar-refractivity contribution is 0.0541. The minimum Gasteiger partial charge on any atom is -0.393 e. The second-order valence-corrected chi connectivity index (χ2v) is 4.90. The van der Waals surface area contributed by atoms with E-state index in [1.54, 1.807) is 0 Å². The predicted octanol–water partition coefficient (Wildman–Crippen LogP) is 2.72. The summed E-state index contributed by atoms with van der Waals surface area (Å²) in [6.45, 7) is 3.02. The molecule has 0 amide bonds. The van der Waals surface area contributed by atoms with Gasteiger partial charge in [-0.25, -0.2) is 0 Å². The van der Waals surface area contributed by atoms with E-state index in [0.717, 1.165) is 38.7 Å². The fourth-order valence-corrected chi connectivity index (χ4v) is 2.40. The summed E-state index contributed by atoms with van der Waals surface area (Å²) in [4.78, 5) is 0. The van der Waals surface area contributed by atoms with Crippen molar-refractivity contribution in [3.8, 4) is 0 Å². The first-order chi connectivity index (χ1) is 8.28. The van der Waals surface area contributed by atoms with Crippen LogP contribution in [0.15, 0.2) is 24.3 Å². The maximum absolute atomic E-state index is 10.0. The average molecular weight is 234 g/mol. The molecular formula is C15H22O2. The first kappa shape index (κ1) is 12.6. The van der Waals surface area contributed by atoms with Crippen molar-refractivity contribution in [1.82, 2.24) is 0 Å². The minimum atomic E-state index is -0.273. The highest BCUT2D eigenvalue weighted by Crippen LogP contribution is 2.18. The molecule has 1 aromatic carbocycles. The molecule has 2 heteroatoms. The molecule has 1 aliphatic heterocycles. The molecule has 1 fully saturated rings. The van der Waals surface area contributed by atoms with Crippen LogP contribution in [0.1, 0.15) is 37.3 Å². The third-order valence-corrected chi connectivity index (χ3v) is 3.46. The van der Waals surface area contributed by atoms with Gasteiger partial charge in [-0.2, -0.15) is 0 Å². The summed E-state index contributed by atoms with van der Waals surface area (Å²) in [7, 11) is 0. The van der Waals surface area contributed by atoms with Crippen molar-refractivity contribution < 1.29 is 9.84 Å². The standard InChI is InChI=1S/C15H22O2/c1-2-12-5-7-13(8-6-12)10-14(16)11-15-4-3-9-17-15/h5-8,14-16H,2-4,9-11H2,1H3. The largest absolute Gasteiger partial charge is 0.393 e. The Bertz CT molecular complexity index is 325. The van der Waals surface area contributed by atoms with Gasteiger partial charge in [0.25, 0.3) is 0 Å². The van der Waals surface area contributed by atoms with Crippen molar-refractivity contribution in [2.45, 2.75) is 51.2 Å². The van der Waals surface area contributed by atoms with Crippen molar-refractivity contribution in [3.05, 3.63) is 35.4 Å². The smallest absolute Gasteiger partial charge is 0.0605 e. The van der Waals surface area contributed by atoms with Gasteiger partial charge >= 0.3 is 0 Å². The van der Waals surface area contributed by atoms with Crippen LogP contribution in [0.2, 0.25) is 0 Å². The van der Waals surface area contributed by atoms with E-state index in [-0.39, 0.29) is 12.2 Å². The minimum absolute atomic E-state index is 0.273. The van der Waals surface area contributed by atoms with Crippen LogP contribution in [0.4, 0.5) is 0 Å². The van der Waals surface area contributed by atoms with Crippen LogP contribution in [0.5, 0.6) is 0 Å². The van der Waals surface area contributed by atoms with Crippen molar-refractivity contribution in [2.24, 2.45) is 0 Å². The SMILES string of the molecule is CCc1ccc(CC(O)CC2CCCO2)cc1. The lowest BCUT2D eigenvalue weighted by atomic mass is 10.0. The fourth-order valence-electron chi connectivity index (χ4n) is 2.40. The number of benzene rings is 1. The normalized spacial score (nSPS) is 21.6. The highest BCUT2D eigenvalue weighted by Gasteiger charge is 2.19. The molecule has 0 aromatic heterocycles. The lowest BCUT2D eigenvalue weighted by Gasteiger charge is -2.15. The van der Waals surface area contributed by atoms with E-state index in [1.165, 1.54) is 11.1 Å². The lowest BCUT2D eigenvalue weighted by Crippen LogP contribution is -2.19. The van der Waals surface area contributed by atoms with Crippen LogP contribution in [-0.4, -0.2) is 23.9 Å². The second kappa shape index (κ2) is 6.18. The van der Waals surface area contributed by atoms with Crippen molar-refractivity contribution in [3.63, 3.8) is 0 Å². The molecule has 2 atom stereocenters. The molecule has 1 saturated heterocycles. The molecule has 1 heterocycles. The zero-order valence-electron chi connectivity index (χ0n) is 10.6. The van der Waals surface area contributed by atoms with Gasteiger partial charge in [-0.15, -0.1) is 0 Å². The Morgan fingerprint density at radius 3 is 2.59 bits per heavy atom. The van der Waals surface area contributed by atoms with E-state index in [9.17, 15) is 5.11 Å². The summed E-state index contributed by atoms with van der Waals surface area (Å²) in [5.41, 5.74) is 2.56. The third kappa shape index (κ3) is 3.83. The van der Waals surface area contributed by atoms with Gasteiger partial charge in [-0.1, -0.05) is 31.2 Å². The fraction of sp³-hybridized carbons (Fsp3) is 0.600. The van der Waals surface area contributed by atoms with Crippen LogP contribution in [0.25, 0.3) is 0 Å². The van der Waals surface area contributed by atoms with Crippen LogP contribution >= 0.6 is 0 Å². The molecule has 2 rings (SSSR count). The number of rotatable bonds is 5.